The van der Waals surface area contributed by atoms with Gasteiger partial charge in [-0.2, -0.15) is 0 Å². The van der Waals surface area contributed by atoms with Crippen LogP contribution < -0.4 is 10.1 Å². The van der Waals surface area contributed by atoms with Crippen molar-refractivity contribution in [1.82, 2.24) is 10.3 Å². The van der Waals surface area contributed by atoms with E-state index in [1.54, 1.807) is 48.7 Å². The standard InChI is InChI=1S/C16H16N2O4/c1-21-14-7-4-5-12(9-14)16(20)18-10-15(19)22-11-13-6-2-3-8-17-13/h2-9H,10-11H2,1H3,(H,18,20). The van der Waals surface area contributed by atoms with E-state index < -0.39 is 5.97 Å². The van der Waals surface area contributed by atoms with Gasteiger partial charge in [-0.1, -0.05) is 12.1 Å². The molecule has 0 saturated heterocycles. The number of hydrogen-bond donors (Lipinski definition) is 1. The van der Waals surface area contributed by atoms with E-state index >= 15 is 0 Å². The van der Waals surface area contributed by atoms with Crippen molar-refractivity contribution in [2.45, 2.75) is 6.61 Å². The van der Waals surface area contributed by atoms with Gasteiger partial charge in [0.05, 0.1) is 12.8 Å². The number of benzene rings is 1. The third-order valence-electron chi connectivity index (χ3n) is 2.83. The van der Waals surface area contributed by atoms with Crippen LogP contribution in [0.1, 0.15) is 16.1 Å². The molecular weight excluding hydrogens is 284 g/mol. The zero-order valence-corrected chi connectivity index (χ0v) is 12.1. The van der Waals surface area contributed by atoms with E-state index in [2.05, 4.69) is 10.3 Å². The summed E-state index contributed by atoms with van der Waals surface area (Å²) in [6.07, 6.45) is 1.62. The van der Waals surface area contributed by atoms with E-state index in [1.165, 1.54) is 7.11 Å². The molecule has 22 heavy (non-hydrogen) atoms. The zero-order chi connectivity index (χ0) is 15.8. The van der Waals surface area contributed by atoms with Crippen molar-refractivity contribution in [2.75, 3.05) is 13.7 Å². The fourth-order valence-electron chi connectivity index (χ4n) is 1.71. The molecule has 1 aromatic carbocycles. The van der Waals surface area contributed by atoms with Gasteiger partial charge in [-0.3, -0.25) is 14.6 Å². The van der Waals surface area contributed by atoms with Crippen LogP contribution in [-0.4, -0.2) is 30.5 Å². The fraction of sp³-hybridized carbons (Fsp3) is 0.188. The van der Waals surface area contributed by atoms with Gasteiger partial charge in [0.2, 0.25) is 0 Å². The molecule has 0 saturated carbocycles. The lowest BCUT2D eigenvalue weighted by atomic mass is 10.2. The molecule has 0 radical (unpaired) electrons. The van der Waals surface area contributed by atoms with Gasteiger partial charge in [0.1, 0.15) is 18.9 Å². The highest BCUT2D eigenvalue weighted by molar-refractivity contribution is 5.96. The van der Waals surface area contributed by atoms with Gasteiger partial charge >= 0.3 is 5.97 Å². The first-order valence-electron chi connectivity index (χ1n) is 6.67. The van der Waals surface area contributed by atoms with Crippen LogP contribution in [-0.2, 0) is 16.1 Å². The molecule has 114 valence electrons. The Morgan fingerprint density at radius 2 is 2.05 bits per heavy atom. The van der Waals surface area contributed by atoms with Gasteiger partial charge in [0.25, 0.3) is 5.91 Å². The normalized spacial score (nSPS) is 9.86. The lowest BCUT2D eigenvalue weighted by Crippen LogP contribution is -2.30. The molecule has 2 aromatic rings. The number of rotatable bonds is 6. The fourth-order valence-corrected chi connectivity index (χ4v) is 1.71. The van der Waals surface area contributed by atoms with Crippen LogP contribution in [0.15, 0.2) is 48.7 Å². The third kappa shape index (κ3) is 4.59. The highest BCUT2D eigenvalue weighted by atomic mass is 16.5. The Morgan fingerprint density at radius 1 is 1.18 bits per heavy atom. The van der Waals surface area contributed by atoms with Crippen molar-refractivity contribution in [3.05, 3.63) is 59.9 Å². The Hall–Kier alpha value is -2.89. The van der Waals surface area contributed by atoms with Crippen molar-refractivity contribution in [3.63, 3.8) is 0 Å². The molecule has 1 N–H and O–H groups in total. The number of nitrogens with zero attached hydrogens (tertiary/aromatic N) is 1. The molecule has 1 amide bonds. The van der Waals surface area contributed by atoms with Crippen LogP contribution in [0.25, 0.3) is 0 Å². The van der Waals surface area contributed by atoms with E-state index in [9.17, 15) is 9.59 Å². The van der Waals surface area contributed by atoms with Crippen LogP contribution >= 0.6 is 0 Å². The number of ether oxygens (including phenoxy) is 2. The molecule has 0 atom stereocenters. The Labute approximate surface area is 128 Å². The van der Waals surface area contributed by atoms with Gasteiger partial charge in [-0.05, 0) is 30.3 Å². The number of carbonyl (C=O) groups is 2. The second-order valence-corrected chi connectivity index (χ2v) is 4.40. The van der Waals surface area contributed by atoms with Gasteiger partial charge in [-0.25, -0.2) is 0 Å². The zero-order valence-electron chi connectivity index (χ0n) is 12.1. The number of nitrogens with one attached hydrogen (secondary N) is 1. The Kier molecular flexibility index (Phi) is 5.48. The minimum Gasteiger partial charge on any atom is -0.497 e. The SMILES string of the molecule is COc1cccc(C(=O)NCC(=O)OCc2ccccn2)c1. The minimum absolute atomic E-state index is 0.0781. The molecule has 2 rings (SSSR count). The molecule has 0 aliphatic heterocycles. The number of esters is 1. The molecule has 0 aliphatic carbocycles. The van der Waals surface area contributed by atoms with Crippen molar-refractivity contribution < 1.29 is 19.1 Å². The summed E-state index contributed by atoms with van der Waals surface area (Å²) in [6, 6.07) is 12.0. The number of pyridine rings is 1. The first kappa shape index (κ1) is 15.5. The molecule has 0 aliphatic rings. The van der Waals surface area contributed by atoms with Gasteiger partial charge in [-0.15, -0.1) is 0 Å². The average Bonchev–Trinajstić information content (AvgIpc) is 2.58. The summed E-state index contributed by atoms with van der Waals surface area (Å²) in [6.45, 7) is -0.127. The van der Waals surface area contributed by atoms with Gasteiger partial charge < -0.3 is 14.8 Å². The van der Waals surface area contributed by atoms with Crippen molar-refractivity contribution in [3.8, 4) is 5.75 Å². The number of aromatic nitrogens is 1. The van der Waals surface area contributed by atoms with Crippen LogP contribution in [0.4, 0.5) is 0 Å². The van der Waals surface area contributed by atoms with E-state index in [1.807, 2.05) is 0 Å². The van der Waals surface area contributed by atoms with Crippen LogP contribution in [0.3, 0.4) is 0 Å². The van der Waals surface area contributed by atoms with E-state index in [-0.39, 0.29) is 19.1 Å². The second-order valence-electron chi connectivity index (χ2n) is 4.40. The summed E-state index contributed by atoms with van der Waals surface area (Å²) < 4.78 is 10.1. The van der Waals surface area contributed by atoms with Gasteiger partial charge in [0, 0.05) is 11.8 Å². The molecule has 0 fully saturated rings. The summed E-state index contributed by atoms with van der Waals surface area (Å²) in [4.78, 5) is 27.5. The lowest BCUT2D eigenvalue weighted by molar-refractivity contribution is -0.143. The molecule has 1 heterocycles. The minimum atomic E-state index is -0.526. The average molecular weight is 300 g/mol. The second kappa shape index (κ2) is 7.78. The van der Waals surface area contributed by atoms with Crippen molar-refractivity contribution >= 4 is 11.9 Å². The predicted octanol–water partition coefficient (Wildman–Crippen LogP) is 1.56. The molecule has 0 unspecified atom stereocenters. The maximum Gasteiger partial charge on any atom is 0.325 e. The number of carbonyl (C=O) groups excluding carboxylic acids is 2. The molecule has 0 bridgehead atoms. The first-order chi connectivity index (χ1) is 10.7. The van der Waals surface area contributed by atoms with Crippen LogP contribution in [0.2, 0.25) is 0 Å². The van der Waals surface area contributed by atoms with Crippen LogP contribution in [0.5, 0.6) is 5.75 Å². The van der Waals surface area contributed by atoms with Crippen molar-refractivity contribution in [1.29, 1.82) is 0 Å². The summed E-state index contributed by atoms with van der Waals surface area (Å²) in [5, 5.41) is 2.50. The highest BCUT2D eigenvalue weighted by Gasteiger charge is 2.10. The lowest BCUT2D eigenvalue weighted by Gasteiger charge is -2.07. The molecule has 1 aromatic heterocycles. The Balaban J connectivity index is 1.79. The van der Waals surface area contributed by atoms with Crippen LogP contribution in [0, 0.1) is 0 Å². The summed E-state index contributed by atoms with van der Waals surface area (Å²) in [5.74, 6) is -0.319. The summed E-state index contributed by atoms with van der Waals surface area (Å²) in [7, 11) is 1.52. The van der Waals surface area contributed by atoms with E-state index in [0.717, 1.165) is 0 Å². The van der Waals surface area contributed by atoms with E-state index in [4.69, 9.17) is 9.47 Å². The quantitative estimate of drug-likeness (QED) is 0.819. The number of methoxy groups -OCH3 is 1. The Morgan fingerprint density at radius 3 is 2.77 bits per heavy atom. The molecular formula is C16H16N2O4. The number of hydrogen-bond acceptors (Lipinski definition) is 5. The maximum atomic E-state index is 11.9. The number of amides is 1. The maximum absolute atomic E-state index is 11.9. The van der Waals surface area contributed by atoms with E-state index in [0.29, 0.717) is 17.0 Å². The summed E-state index contributed by atoms with van der Waals surface area (Å²) >= 11 is 0. The molecule has 6 heteroatoms. The third-order valence-corrected chi connectivity index (χ3v) is 2.83. The highest BCUT2D eigenvalue weighted by Crippen LogP contribution is 2.12. The van der Waals surface area contributed by atoms with Gasteiger partial charge in [0.15, 0.2) is 0 Å². The first-order valence-corrected chi connectivity index (χ1v) is 6.67. The topological polar surface area (TPSA) is 77.5 Å². The molecule has 6 nitrogen and oxygen atoms in total. The summed E-state index contributed by atoms with van der Waals surface area (Å²) in [5.41, 5.74) is 1.06. The van der Waals surface area contributed by atoms with Crippen molar-refractivity contribution in [2.24, 2.45) is 0 Å². The Bertz CT molecular complexity index is 644. The monoisotopic (exact) mass is 300 g/mol. The molecule has 0 spiro atoms. The largest absolute Gasteiger partial charge is 0.497 e. The predicted molar refractivity (Wildman–Crippen MR) is 79.4 cm³/mol. The smallest absolute Gasteiger partial charge is 0.325 e.